The lowest BCUT2D eigenvalue weighted by molar-refractivity contribution is -0.126. The molecule has 0 bridgehead atoms. The predicted octanol–water partition coefficient (Wildman–Crippen LogP) is 4.79. The number of hydrogen-bond acceptors (Lipinski definition) is 3. The molecule has 1 heterocycles. The second-order valence-electron chi connectivity index (χ2n) is 8.39. The van der Waals surface area contributed by atoms with Crippen LogP contribution in [0.25, 0.3) is 0 Å². The molecule has 1 amide bonds. The summed E-state index contributed by atoms with van der Waals surface area (Å²) in [5.41, 5.74) is 3.42. The maximum atomic E-state index is 12.6. The van der Waals surface area contributed by atoms with Gasteiger partial charge in [0.15, 0.2) is 11.5 Å². The monoisotopic (exact) mass is 394 g/mol. The molecule has 1 saturated carbocycles. The van der Waals surface area contributed by atoms with Crippen LogP contribution in [0.15, 0.2) is 42.4 Å². The van der Waals surface area contributed by atoms with Gasteiger partial charge in [-0.2, -0.15) is 0 Å². The third kappa shape index (κ3) is 4.58. The summed E-state index contributed by atoms with van der Waals surface area (Å²) in [4.78, 5) is 12.6. The molecule has 1 saturated heterocycles. The van der Waals surface area contributed by atoms with Crippen molar-refractivity contribution in [1.29, 1.82) is 0 Å². The number of piperidine rings is 1. The van der Waals surface area contributed by atoms with Crippen LogP contribution in [0.3, 0.4) is 0 Å². The van der Waals surface area contributed by atoms with Gasteiger partial charge in [0, 0.05) is 23.9 Å². The van der Waals surface area contributed by atoms with E-state index in [1.807, 2.05) is 12.1 Å². The van der Waals surface area contributed by atoms with Gasteiger partial charge in [-0.05, 0) is 57.1 Å². The number of carbonyl (C=O) groups excluding carboxylic acids is 1. The van der Waals surface area contributed by atoms with Crippen LogP contribution in [0.1, 0.15) is 56.1 Å². The second kappa shape index (κ2) is 8.89. The molecule has 2 atom stereocenters. The van der Waals surface area contributed by atoms with E-state index in [0.29, 0.717) is 24.1 Å². The van der Waals surface area contributed by atoms with Crippen LogP contribution in [0.5, 0.6) is 11.5 Å². The van der Waals surface area contributed by atoms with Gasteiger partial charge in [-0.15, -0.1) is 0 Å². The van der Waals surface area contributed by atoms with Gasteiger partial charge in [-0.25, -0.2) is 0 Å². The van der Waals surface area contributed by atoms with Crippen molar-refractivity contribution in [2.75, 3.05) is 13.7 Å². The summed E-state index contributed by atoms with van der Waals surface area (Å²) in [6, 6.07) is 12.5. The zero-order valence-corrected chi connectivity index (χ0v) is 17.4. The number of para-hydroxylation sites is 1. The van der Waals surface area contributed by atoms with Crippen LogP contribution in [-0.2, 0) is 11.2 Å². The Morgan fingerprint density at radius 1 is 1.21 bits per heavy atom. The molecule has 4 nitrogen and oxygen atoms in total. The number of carbonyl (C=O) groups is 1. The second-order valence-corrected chi connectivity index (χ2v) is 8.39. The molecular weight excluding hydrogens is 362 g/mol. The first-order chi connectivity index (χ1) is 14.5. The van der Waals surface area contributed by atoms with Crippen LogP contribution in [0.2, 0.25) is 0 Å². The van der Waals surface area contributed by atoms with Gasteiger partial charge in [0.2, 0.25) is 5.91 Å². The Balaban J connectivity index is 1.57. The van der Waals surface area contributed by atoms with Gasteiger partial charge < -0.3 is 14.8 Å². The molecule has 2 fully saturated rings. The third-order valence-electron chi connectivity index (χ3n) is 6.20. The molecule has 4 heteroatoms. The SMILES string of the molecule is [2H]c1ccc(C2CNC(=O)[C@H](Cc3cccc(C)c3)C2)c(OC)c1OC1CCCC1. The van der Waals surface area contributed by atoms with Crippen molar-refractivity contribution < 1.29 is 15.6 Å². The standard InChI is InChI=1S/C25H31NO3/c1-17-7-5-8-18(13-17)14-19-15-20(16-26-25(19)27)22-11-6-12-23(24(22)28-2)29-21-9-3-4-10-21/h5-8,11-13,19-21H,3-4,9-10,14-16H2,1-2H3,(H,26,27)/t19-,20?/m1/s1/i12D. The van der Waals surface area contributed by atoms with Crippen LogP contribution in [-0.4, -0.2) is 25.7 Å². The Morgan fingerprint density at radius 2 is 2.03 bits per heavy atom. The van der Waals surface area contributed by atoms with Crippen LogP contribution < -0.4 is 14.8 Å². The molecule has 0 radical (unpaired) electrons. The number of benzene rings is 2. The Kier molecular flexibility index (Phi) is 5.68. The lowest BCUT2D eigenvalue weighted by Crippen LogP contribution is -2.41. The van der Waals surface area contributed by atoms with E-state index in [-0.39, 0.29) is 23.8 Å². The van der Waals surface area contributed by atoms with E-state index in [1.54, 1.807) is 13.2 Å². The van der Waals surface area contributed by atoms with E-state index < -0.39 is 0 Å². The summed E-state index contributed by atoms with van der Waals surface area (Å²) in [7, 11) is 1.64. The summed E-state index contributed by atoms with van der Waals surface area (Å²) < 4.78 is 20.3. The molecule has 2 aromatic carbocycles. The van der Waals surface area contributed by atoms with Crippen molar-refractivity contribution in [3.8, 4) is 11.5 Å². The lowest BCUT2D eigenvalue weighted by atomic mass is 9.81. The molecular formula is C25H31NO3. The third-order valence-corrected chi connectivity index (χ3v) is 6.20. The van der Waals surface area contributed by atoms with Gasteiger partial charge >= 0.3 is 0 Å². The van der Waals surface area contributed by atoms with E-state index >= 15 is 0 Å². The van der Waals surface area contributed by atoms with E-state index in [4.69, 9.17) is 10.8 Å². The summed E-state index contributed by atoms with van der Waals surface area (Å²) in [6.45, 7) is 2.66. The first-order valence-electron chi connectivity index (χ1n) is 11.2. The summed E-state index contributed by atoms with van der Waals surface area (Å²) >= 11 is 0. The predicted molar refractivity (Wildman–Crippen MR) is 115 cm³/mol. The highest BCUT2D eigenvalue weighted by Gasteiger charge is 2.32. The smallest absolute Gasteiger partial charge is 0.223 e. The Hall–Kier alpha value is -2.49. The molecule has 0 aromatic heterocycles. The summed E-state index contributed by atoms with van der Waals surface area (Å²) in [5, 5.41) is 3.09. The lowest BCUT2D eigenvalue weighted by Gasteiger charge is -2.31. The number of ether oxygens (including phenoxy) is 2. The highest BCUT2D eigenvalue weighted by Crippen LogP contribution is 2.41. The van der Waals surface area contributed by atoms with Gasteiger partial charge in [0.25, 0.3) is 0 Å². The van der Waals surface area contributed by atoms with Crippen molar-refractivity contribution >= 4 is 5.91 Å². The molecule has 1 aliphatic carbocycles. The fraction of sp³-hybridized carbons (Fsp3) is 0.480. The minimum absolute atomic E-state index is 0.0786. The van der Waals surface area contributed by atoms with Crippen LogP contribution >= 0.6 is 0 Å². The zero-order chi connectivity index (χ0) is 21.1. The van der Waals surface area contributed by atoms with Crippen molar-refractivity contribution in [2.45, 2.75) is 57.5 Å². The van der Waals surface area contributed by atoms with Gasteiger partial charge in [-0.1, -0.05) is 42.0 Å². The van der Waals surface area contributed by atoms with Crippen molar-refractivity contribution in [2.24, 2.45) is 5.92 Å². The topological polar surface area (TPSA) is 47.6 Å². The molecule has 29 heavy (non-hydrogen) atoms. The number of amides is 1. The summed E-state index contributed by atoms with van der Waals surface area (Å²) in [5.74, 6) is 1.38. The minimum Gasteiger partial charge on any atom is -0.493 e. The molecule has 1 N–H and O–H groups in total. The fourth-order valence-electron chi connectivity index (χ4n) is 4.71. The average molecular weight is 395 g/mol. The fourth-order valence-corrected chi connectivity index (χ4v) is 4.71. The quantitative estimate of drug-likeness (QED) is 0.766. The van der Waals surface area contributed by atoms with E-state index in [1.165, 1.54) is 24.0 Å². The van der Waals surface area contributed by atoms with Gasteiger partial charge in [0.05, 0.1) is 14.6 Å². The Labute approximate surface area is 175 Å². The zero-order valence-electron chi connectivity index (χ0n) is 18.4. The van der Waals surface area contributed by atoms with Crippen molar-refractivity contribution in [3.63, 3.8) is 0 Å². The highest BCUT2D eigenvalue weighted by atomic mass is 16.5. The van der Waals surface area contributed by atoms with Crippen LogP contribution in [0, 0.1) is 12.8 Å². The largest absolute Gasteiger partial charge is 0.493 e. The van der Waals surface area contributed by atoms with E-state index in [2.05, 4.69) is 30.4 Å². The van der Waals surface area contributed by atoms with Crippen molar-refractivity contribution in [3.05, 3.63) is 59.1 Å². The maximum Gasteiger partial charge on any atom is 0.223 e. The molecule has 2 aliphatic rings. The first kappa shape index (κ1) is 18.5. The normalized spacial score (nSPS) is 22.8. The average Bonchev–Trinajstić information content (AvgIpc) is 3.24. The number of aryl methyl sites for hydroxylation is 1. The molecule has 2 aromatic rings. The van der Waals surface area contributed by atoms with E-state index in [0.717, 1.165) is 31.2 Å². The number of rotatable bonds is 6. The van der Waals surface area contributed by atoms with Gasteiger partial charge in [0.1, 0.15) is 0 Å². The number of hydrogen-bond donors (Lipinski definition) is 1. The summed E-state index contributed by atoms with van der Waals surface area (Å²) in [6.07, 6.45) is 6.07. The molecule has 0 spiro atoms. The van der Waals surface area contributed by atoms with Crippen LogP contribution in [0.4, 0.5) is 0 Å². The van der Waals surface area contributed by atoms with Gasteiger partial charge in [-0.3, -0.25) is 4.79 Å². The number of methoxy groups -OCH3 is 1. The molecule has 4 rings (SSSR count). The van der Waals surface area contributed by atoms with E-state index in [9.17, 15) is 4.79 Å². The Morgan fingerprint density at radius 3 is 2.79 bits per heavy atom. The highest BCUT2D eigenvalue weighted by molar-refractivity contribution is 5.80. The first-order valence-corrected chi connectivity index (χ1v) is 10.7. The van der Waals surface area contributed by atoms with Crippen molar-refractivity contribution in [1.82, 2.24) is 5.32 Å². The number of nitrogens with one attached hydrogen (secondary N) is 1. The Bertz CT molecular complexity index is 907. The minimum atomic E-state index is -0.0786. The molecule has 1 unspecified atom stereocenters. The maximum absolute atomic E-state index is 12.6. The molecule has 1 aliphatic heterocycles. The molecule has 154 valence electrons.